The van der Waals surface area contributed by atoms with E-state index in [1.54, 1.807) is 0 Å². The second-order valence-electron chi connectivity index (χ2n) is 2.38. The van der Waals surface area contributed by atoms with Crippen LogP contribution in [0, 0.1) is 0 Å². The van der Waals surface area contributed by atoms with Crippen molar-refractivity contribution in [2.24, 2.45) is 0 Å². The Bertz CT molecular complexity index is 56.1. The van der Waals surface area contributed by atoms with E-state index in [1.807, 2.05) is 27.7 Å². The van der Waals surface area contributed by atoms with Gasteiger partial charge in [-0.05, 0) is 27.7 Å². The van der Waals surface area contributed by atoms with E-state index in [0.717, 1.165) is 0 Å². The van der Waals surface area contributed by atoms with Crippen LogP contribution in [0.5, 0.6) is 0 Å². The molecule has 0 unspecified atom stereocenters. The fourth-order valence-corrected chi connectivity index (χ4v) is 0.197. The smallest absolute Gasteiger partial charge is 0.0780 e. The molecule has 0 aliphatic rings. The van der Waals surface area contributed by atoms with E-state index in [4.69, 9.17) is 9.68 Å². The summed E-state index contributed by atoms with van der Waals surface area (Å²) in [4.78, 5) is 9.51. The summed E-state index contributed by atoms with van der Waals surface area (Å²) >= 11 is 0. The molecule has 0 aliphatic heterocycles. The van der Waals surface area contributed by atoms with Gasteiger partial charge >= 0.3 is 0 Å². The minimum Gasteiger partial charge on any atom is -0.254 e. The summed E-state index contributed by atoms with van der Waals surface area (Å²) in [6.07, 6.45) is 0.201. The molecule has 0 N–H and O–H groups in total. The molecule has 1 radical (unpaired) electrons. The zero-order valence-electron chi connectivity index (χ0n) is 6.42. The molecule has 0 aromatic rings. The summed E-state index contributed by atoms with van der Waals surface area (Å²) in [5.41, 5.74) is 3.37. The molecular weight excluding hydrogens is 118 g/mol. The lowest BCUT2D eigenvalue weighted by Crippen LogP contribution is -2.17. The third-order valence-corrected chi connectivity index (χ3v) is 0.508. The monoisotopic (exact) mass is 132 g/mol. The molecule has 0 atom stereocenters. The molecule has 0 amide bonds. The van der Waals surface area contributed by atoms with Crippen LogP contribution >= 0.6 is 0 Å². The van der Waals surface area contributed by atoms with Crippen LogP contribution in [-0.4, -0.2) is 12.2 Å². The first-order chi connectivity index (χ1) is 4.13. The van der Waals surface area contributed by atoms with Crippen LogP contribution < -0.4 is 5.64 Å². The van der Waals surface area contributed by atoms with E-state index in [0.29, 0.717) is 0 Å². The lowest BCUT2D eigenvalue weighted by molar-refractivity contribution is -0.216. The summed E-state index contributed by atoms with van der Waals surface area (Å²) in [6.45, 7) is 7.58. The van der Waals surface area contributed by atoms with Crippen molar-refractivity contribution in [2.45, 2.75) is 39.9 Å². The maximum Gasteiger partial charge on any atom is 0.0780 e. The maximum atomic E-state index is 4.76. The van der Waals surface area contributed by atoms with E-state index in [1.165, 1.54) is 0 Å². The van der Waals surface area contributed by atoms with Gasteiger partial charge in [0.2, 0.25) is 0 Å². The Kier molecular flexibility index (Phi) is 4.67. The summed E-state index contributed by atoms with van der Waals surface area (Å²) < 4.78 is 0. The average Bonchev–Trinajstić information content (AvgIpc) is 1.63. The second-order valence-corrected chi connectivity index (χ2v) is 2.38. The molecule has 0 aliphatic carbocycles. The van der Waals surface area contributed by atoms with Crippen LogP contribution in [-0.2, 0) is 9.68 Å². The number of rotatable bonds is 4. The van der Waals surface area contributed by atoms with Gasteiger partial charge in [-0.3, -0.25) is 9.68 Å². The van der Waals surface area contributed by atoms with Crippen molar-refractivity contribution in [3.05, 3.63) is 0 Å². The molecule has 0 saturated carbocycles. The Hall–Kier alpha value is -0.120. The lowest BCUT2D eigenvalue weighted by Gasteiger charge is -2.06. The van der Waals surface area contributed by atoms with Gasteiger partial charge in [-0.2, -0.15) is 0 Å². The molecule has 55 valence electrons. The van der Waals surface area contributed by atoms with Gasteiger partial charge in [0.1, 0.15) is 0 Å². The van der Waals surface area contributed by atoms with Gasteiger partial charge in [0.25, 0.3) is 0 Å². The van der Waals surface area contributed by atoms with Crippen LogP contribution in [0.15, 0.2) is 0 Å². The molecule has 0 bridgehead atoms. The van der Waals surface area contributed by atoms with Crippen molar-refractivity contribution in [3.8, 4) is 0 Å². The fraction of sp³-hybridized carbons (Fsp3) is 1.00. The van der Waals surface area contributed by atoms with Crippen molar-refractivity contribution in [1.29, 1.82) is 0 Å². The Balaban J connectivity index is 2.91. The third-order valence-electron chi connectivity index (χ3n) is 0.508. The molecule has 3 heteroatoms. The van der Waals surface area contributed by atoms with E-state index in [-0.39, 0.29) is 12.2 Å². The highest BCUT2D eigenvalue weighted by molar-refractivity contribution is 4.29. The summed E-state index contributed by atoms with van der Waals surface area (Å²) in [6, 6.07) is 0. The highest BCUT2D eigenvalue weighted by Crippen LogP contribution is 1.88. The van der Waals surface area contributed by atoms with Gasteiger partial charge in [0.15, 0.2) is 0 Å². The first kappa shape index (κ1) is 8.88. The largest absolute Gasteiger partial charge is 0.254 e. The van der Waals surface area contributed by atoms with Crippen LogP contribution in [0.3, 0.4) is 0 Å². The molecule has 0 rings (SSSR count). The quantitative estimate of drug-likeness (QED) is 0.539. The van der Waals surface area contributed by atoms with E-state index < -0.39 is 0 Å². The molecule has 9 heavy (non-hydrogen) atoms. The van der Waals surface area contributed by atoms with Crippen molar-refractivity contribution >= 4 is 0 Å². The van der Waals surface area contributed by atoms with Gasteiger partial charge in [0, 0.05) is 0 Å². The van der Waals surface area contributed by atoms with Gasteiger partial charge in [-0.15, -0.1) is 0 Å². The first-order valence-electron chi connectivity index (χ1n) is 3.15. The van der Waals surface area contributed by atoms with Crippen LogP contribution in [0.4, 0.5) is 0 Å². The summed E-state index contributed by atoms with van der Waals surface area (Å²) in [5, 5.41) is 0. The van der Waals surface area contributed by atoms with Crippen molar-refractivity contribution in [1.82, 2.24) is 5.64 Å². The normalized spacial score (nSPS) is 11.3. The molecule has 0 spiro atoms. The Morgan fingerprint density at radius 1 is 0.889 bits per heavy atom. The summed E-state index contributed by atoms with van der Waals surface area (Å²) in [5.74, 6) is 0. The van der Waals surface area contributed by atoms with Crippen LogP contribution in [0.1, 0.15) is 27.7 Å². The SMILES string of the molecule is CC(C)O[N]OC(C)C. The van der Waals surface area contributed by atoms with E-state index >= 15 is 0 Å². The zero-order chi connectivity index (χ0) is 7.28. The van der Waals surface area contributed by atoms with Gasteiger partial charge in [-0.25, -0.2) is 0 Å². The minimum atomic E-state index is 0.101. The Morgan fingerprint density at radius 3 is 1.44 bits per heavy atom. The van der Waals surface area contributed by atoms with E-state index in [9.17, 15) is 0 Å². The van der Waals surface area contributed by atoms with Crippen molar-refractivity contribution < 1.29 is 9.68 Å². The van der Waals surface area contributed by atoms with Crippen LogP contribution in [0.25, 0.3) is 0 Å². The minimum absolute atomic E-state index is 0.101. The predicted octanol–water partition coefficient (Wildman–Crippen LogP) is 1.27. The van der Waals surface area contributed by atoms with E-state index in [2.05, 4.69) is 5.64 Å². The Morgan fingerprint density at radius 2 is 1.22 bits per heavy atom. The Labute approximate surface area is 56.2 Å². The highest BCUT2D eigenvalue weighted by Gasteiger charge is 1.96. The van der Waals surface area contributed by atoms with Gasteiger partial charge < -0.3 is 0 Å². The molecule has 0 aromatic heterocycles. The molecule has 0 heterocycles. The highest BCUT2D eigenvalue weighted by atomic mass is 16.9. The molecular formula is C6H14NO2. The standard InChI is InChI=1S/C6H14NO2/c1-5(2)8-7-9-6(3)4/h5-6H,1-4H3. The zero-order valence-corrected chi connectivity index (χ0v) is 6.42. The molecule has 3 nitrogen and oxygen atoms in total. The number of nitrogens with zero attached hydrogens (tertiary/aromatic N) is 1. The van der Waals surface area contributed by atoms with Crippen molar-refractivity contribution in [2.75, 3.05) is 0 Å². The van der Waals surface area contributed by atoms with Crippen molar-refractivity contribution in [3.63, 3.8) is 0 Å². The van der Waals surface area contributed by atoms with Crippen LogP contribution in [0.2, 0.25) is 0 Å². The van der Waals surface area contributed by atoms with Gasteiger partial charge in [0.05, 0.1) is 17.9 Å². The first-order valence-corrected chi connectivity index (χ1v) is 3.15. The second kappa shape index (κ2) is 4.73. The maximum absolute atomic E-state index is 4.76. The topological polar surface area (TPSA) is 32.6 Å². The lowest BCUT2D eigenvalue weighted by atomic mass is 10.5. The number of hydrogen-bond donors (Lipinski definition) is 0. The van der Waals surface area contributed by atoms with Gasteiger partial charge in [-0.1, -0.05) is 0 Å². The fourth-order valence-electron chi connectivity index (χ4n) is 0.197. The predicted molar refractivity (Wildman–Crippen MR) is 34.6 cm³/mol. The average molecular weight is 132 g/mol. The third kappa shape index (κ3) is 7.88. The number of hydrogen-bond acceptors (Lipinski definition) is 2. The molecule has 0 fully saturated rings. The summed E-state index contributed by atoms with van der Waals surface area (Å²) in [7, 11) is 0. The molecule has 0 saturated heterocycles. The molecule has 0 aromatic carbocycles.